The van der Waals surface area contributed by atoms with Gasteiger partial charge >= 0.3 is 115 Å². The van der Waals surface area contributed by atoms with E-state index >= 15 is 0 Å². The molecular formula is C14H14Cl2Zr. The van der Waals surface area contributed by atoms with Gasteiger partial charge in [-0.1, -0.05) is 0 Å². The number of hydrogen-bond acceptors (Lipinski definition) is 0. The molecular weight excluding hydrogens is 330 g/mol. The van der Waals surface area contributed by atoms with E-state index in [2.05, 4.69) is 62.4 Å². The van der Waals surface area contributed by atoms with E-state index in [9.17, 15) is 0 Å². The first-order valence-corrected chi connectivity index (χ1v) is 14.3. The van der Waals surface area contributed by atoms with Gasteiger partial charge in [0.15, 0.2) is 0 Å². The van der Waals surface area contributed by atoms with Crippen molar-refractivity contribution in [2.45, 2.75) is 13.8 Å². The molecule has 0 heterocycles. The van der Waals surface area contributed by atoms with E-state index in [1.165, 1.54) is 11.1 Å². The number of halogens is 2. The Morgan fingerprint density at radius 1 is 0.647 bits per heavy atom. The Bertz CT molecular complexity index is 453. The molecule has 0 saturated carbocycles. The summed E-state index contributed by atoms with van der Waals surface area (Å²) in [7, 11) is 13.3. The van der Waals surface area contributed by atoms with Gasteiger partial charge in [0.25, 0.3) is 0 Å². The van der Waals surface area contributed by atoms with Crippen molar-refractivity contribution >= 4 is 23.6 Å². The molecule has 17 heavy (non-hydrogen) atoms. The molecule has 3 heteroatoms. The van der Waals surface area contributed by atoms with Crippen LogP contribution in [-0.4, -0.2) is 0 Å². The molecule has 0 atom stereocenters. The van der Waals surface area contributed by atoms with Crippen LogP contribution in [0.1, 0.15) is 11.1 Å². The molecule has 0 fully saturated rings. The fourth-order valence-corrected chi connectivity index (χ4v) is 8.37. The van der Waals surface area contributed by atoms with Crippen molar-refractivity contribution in [1.29, 1.82) is 0 Å². The average Bonchev–Trinajstić information content (AvgIpc) is 2.30. The van der Waals surface area contributed by atoms with Crippen LogP contribution >= 0.6 is 17.0 Å². The molecule has 2 aromatic carbocycles. The molecule has 2 rings (SSSR count). The molecule has 0 bridgehead atoms. The Morgan fingerprint density at radius 2 is 0.941 bits per heavy atom. The first-order chi connectivity index (χ1) is 8.00. The molecule has 88 valence electrons. The van der Waals surface area contributed by atoms with Crippen molar-refractivity contribution in [3.63, 3.8) is 0 Å². The Morgan fingerprint density at radius 3 is 1.24 bits per heavy atom. The second kappa shape index (κ2) is 5.26. The summed E-state index contributed by atoms with van der Waals surface area (Å²) >= 11 is -3.36. The SMILES string of the molecule is Cc1cc[c]([Zr]([Cl])([Cl])[c]2ccc(C)cc2)cc1. The minimum absolute atomic E-state index is 1.11. The summed E-state index contributed by atoms with van der Waals surface area (Å²) < 4.78 is 2.22. The normalized spacial score (nSPS) is 11.5. The van der Waals surface area contributed by atoms with Crippen LogP contribution in [0.15, 0.2) is 48.5 Å². The molecule has 0 aromatic heterocycles. The number of aryl methyl sites for hydroxylation is 2. The standard InChI is InChI=1S/2C7H7.2ClH.Zr/c2*1-7-5-3-2-4-6-7;;;/h2*3-6H,1H3;2*1H;/q;;;;+2/p-2. The summed E-state index contributed by atoms with van der Waals surface area (Å²) in [5.41, 5.74) is 2.46. The van der Waals surface area contributed by atoms with E-state index in [4.69, 9.17) is 17.0 Å². The molecule has 0 unspecified atom stereocenters. The molecule has 0 radical (unpaired) electrons. The van der Waals surface area contributed by atoms with E-state index in [-0.39, 0.29) is 0 Å². The summed E-state index contributed by atoms with van der Waals surface area (Å²) in [4.78, 5) is 0. The zero-order valence-electron chi connectivity index (χ0n) is 9.87. The van der Waals surface area contributed by atoms with Gasteiger partial charge in [-0.2, -0.15) is 0 Å². The quantitative estimate of drug-likeness (QED) is 0.779. The third-order valence-corrected chi connectivity index (χ3v) is 13.2. The fourth-order valence-electron chi connectivity index (χ4n) is 1.69. The second-order valence-corrected chi connectivity index (χ2v) is 17.8. The van der Waals surface area contributed by atoms with Gasteiger partial charge in [0.2, 0.25) is 0 Å². The Labute approximate surface area is 114 Å². The third-order valence-electron chi connectivity index (χ3n) is 2.83. The van der Waals surface area contributed by atoms with E-state index in [0.29, 0.717) is 0 Å². The monoisotopic (exact) mass is 342 g/mol. The van der Waals surface area contributed by atoms with Crippen molar-refractivity contribution < 1.29 is 17.9 Å². The molecule has 2 aromatic rings. The summed E-state index contributed by atoms with van der Waals surface area (Å²) in [5.74, 6) is 0. The van der Waals surface area contributed by atoms with Crippen LogP contribution in [0.3, 0.4) is 0 Å². The fraction of sp³-hybridized carbons (Fsp3) is 0.143. The Kier molecular flexibility index (Phi) is 4.13. The maximum absolute atomic E-state index is 6.67. The van der Waals surface area contributed by atoms with Crippen molar-refractivity contribution in [2.24, 2.45) is 0 Å². The van der Waals surface area contributed by atoms with Gasteiger partial charge in [-0.05, 0) is 0 Å². The third kappa shape index (κ3) is 3.02. The summed E-state index contributed by atoms with van der Waals surface area (Å²) in [6.45, 7) is 4.13. The average molecular weight is 344 g/mol. The summed E-state index contributed by atoms with van der Waals surface area (Å²) in [6.07, 6.45) is 0. The van der Waals surface area contributed by atoms with Gasteiger partial charge in [-0.3, -0.25) is 0 Å². The van der Waals surface area contributed by atoms with Gasteiger partial charge in [0.1, 0.15) is 0 Å². The topological polar surface area (TPSA) is 0 Å². The maximum atomic E-state index is 6.67. The van der Waals surface area contributed by atoms with E-state index < -0.39 is 17.9 Å². The van der Waals surface area contributed by atoms with E-state index in [0.717, 1.165) is 6.54 Å². The predicted octanol–water partition coefficient (Wildman–Crippen LogP) is 3.72. The Hall–Kier alpha value is -0.0969. The van der Waals surface area contributed by atoms with Crippen molar-refractivity contribution in [2.75, 3.05) is 0 Å². The van der Waals surface area contributed by atoms with Gasteiger partial charge in [-0.25, -0.2) is 0 Å². The second-order valence-electron chi connectivity index (χ2n) is 4.31. The van der Waals surface area contributed by atoms with Crippen LogP contribution in [0.25, 0.3) is 0 Å². The van der Waals surface area contributed by atoms with Crippen molar-refractivity contribution in [3.05, 3.63) is 59.7 Å². The molecule has 0 aliphatic heterocycles. The first kappa shape index (κ1) is 13.3. The van der Waals surface area contributed by atoms with Crippen LogP contribution in [0.4, 0.5) is 0 Å². The minimum atomic E-state index is -3.36. The molecule has 0 amide bonds. The Balaban J connectivity index is 2.41. The van der Waals surface area contributed by atoms with Crippen LogP contribution < -0.4 is 6.54 Å². The van der Waals surface area contributed by atoms with Crippen LogP contribution in [0, 0.1) is 13.8 Å². The molecule has 0 aliphatic carbocycles. The van der Waals surface area contributed by atoms with Crippen molar-refractivity contribution in [3.8, 4) is 0 Å². The summed E-state index contributed by atoms with van der Waals surface area (Å²) in [5, 5.41) is 0. The van der Waals surface area contributed by atoms with E-state index in [1.54, 1.807) is 0 Å². The number of rotatable bonds is 2. The van der Waals surface area contributed by atoms with Crippen LogP contribution in [0.5, 0.6) is 0 Å². The zero-order valence-corrected chi connectivity index (χ0v) is 13.8. The van der Waals surface area contributed by atoms with Crippen molar-refractivity contribution in [1.82, 2.24) is 0 Å². The molecule has 0 aliphatic rings. The van der Waals surface area contributed by atoms with Crippen LogP contribution in [-0.2, 0) is 17.9 Å². The first-order valence-electron chi connectivity index (χ1n) is 5.52. The number of benzene rings is 2. The van der Waals surface area contributed by atoms with E-state index in [1.807, 2.05) is 0 Å². The molecule has 0 nitrogen and oxygen atoms in total. The summed E-state index contributed by atoms with van der Waals surface area (Å²) in [6, 6.07) is 16.5. The zero-order chi connectivity index (χ0) is 12.5. The number of hydrogen-bond donors (Lipinski definition) is 0. The van der Waals surface area contributed by atoms with Gasteiger partial charge in [-0.15, -0.1) is 0 Å². The van der Waals surface area contributed by atoms with Gasteiger partial charge < -0.3 is 0 Å². The molecule has 0 spiro atoms. The predicted molar refractivity (Wildman–Crippen MR) is 73.3 cm³/mol. The molecule has 0 saturated heterocycles. The molecule has 0 N–H and O–H groups in total. The van der Waals surface area contributed by atoms with Gasteiger partial charge in [0.05, 0.1) is 0 Å². The van der Waals surface area contributed by atoms with Crippen LogP contribution in [0.2, 0.25) is 0 Å². The van der Waals surface area contributed by atoms with Gasteiger partial charge in [0, 0.05) is 0 Å².